The molecule has 1 rings (SSSR count). The first kappa shape index (κ1) is 13.1. The van der Waals surface area contributed by atoms with E-state index in [2.05, 4.69) is 5.10 Å². The lowest BCUT2D eigenvalue weighted by Gasteiger charge is -2.25. The number of aromatic nitrogens is 2. The van der Waals surface area contributed by atoms with Gasteiger partial charge < -0.3 is 10.2 Å². The average Bonchev–Trinajstić information content (AvgIpc) is 2.67. The van der Waals surface area contributed by atoms with Crippen molar-refractivity contribution in [2.24, 2.45) is 0 Å². The first-order chi connectivity index (χ1) is 6.62. The van der Waals surface area contributed by atoms with Crippen LogP contribution < -0.4 is 0 Å². The van der Waals surface area contributed by atoms with Gasteiger partial charge in [-0.25, -0.2) is 0 Å². The SMILES string of the molecule is CC.Cc1ccn(C(C)(CO)CO)n1. The van der Waals surface area contributed by atoms with Crippen LogP contribution in [0.2, 0.25) is 0 Å². The number of hydrogen-bond acceptors (Lipinski definition) is 3. The van der Waals surface area contributed by atoms with Crippen LogP contribution in [0.5, 0.6) is 0 Å². The summed E-state index contributed by atoms with van der Waals surface area (Å²) in [5.74, 6) is 0. The summed E-state index contributed by atoms with van der Waals surface area (Å²) in [6.45, 7) is 7.38. The van der Waals surface area contributed by atoms with Crippen LogP contribution in [-0.2, 0) is 5.54 Å². The molecular formula is C10H20N2O2. The largest absolute Gasteiger partial charge is 0.394 e. The van der Waals surface area contributed by atoms with Gasteiger partial charge in [0.15, 0.2) is 0 Å². The Kier molecular flexibility index (Phi) is 5.42. The monoisotopic (exact) mass is 200 g/mol. The second-order valence-electron chi connectivity index (χ2n) is 3.21. The minimum atomic E-state index is -0.686. The van der Waals surface area contributed by atoms with Gasteiger partial charge in [0.1, 0.15) is 5.54 Å². The minimum absolute atomic E-state index is 0.120. The molecule has 0 amide bonds. The highest BCUT2D eigenvalue weighted by Gasteiger charge is 2.24. The number of nitrogens with zero attached hydrogens (tertiary/aromatic N) is 2. The van der Waals surface area contributed by atoms with Gasteiger partial charge in [-0.05, 0) is 19.9 Å². The third-order valence-electron chi connectivity index (χ3n) is 1.96. The molecule has 0 aromatic carbocycles. The van der Waals surface area contributed by atoms with Gasteiger partial charge in [0.25, 0.3) is 0 Å². The Balaban J connectivity index is 0.000000791. The Morgan fingerprint density at radius 1 is 1.36 bits per heavy atom. The molecule has 0 spiro atoms. The minimum Gasteiger partial charge on any atom is -0.394 e. The molecule has 1 heterocycles. The van der Waals surface area contributed by atoms with Crippen molar-refractivity contribution in [1.82, 2.24) is 9.78 Å². The van der Waals surface area contributed by atoms with E-state index < -0.39 is 5.54 Å². The van der Waals surface area contributed by atoms with E-state index in [1.165, 1.54) is 0 Å². The molecular weight excluding hydrogens is 180 g/mol. The lowest BCUT2D eigenvalue weighted by Crippen LogP contribution is -2.38. The van der Waals surface area contributed by atoms with Gasteiger partial charge in [-0.2, -0.15) is 5.10 Å². The highest BCUT2D eigenvalue weighted by molar-refractivity contribution is 4.98. The van der Waals surface area contributed by atoms with Crippen molar-refractivity contribution in [1.29, 1.82) is 0 Å². The van der Waals surface area contributed by atoms with Crippen LogP contribution in [0.1, 0.15) is 26.5 Å². The molecule has 82 valence electrons. The molecule has 0 fully saturated rings. The molecule has 1 aromatic rings. The number of aliphatic hydroxyl groups excluding tert-OH is 2. The summed E-state index contributed by atoms with van der Waals surface area (Å²) in [6.07, 6.45) is 1.75. The maximum absolute atomic E-state index is 9.03. The third kappa shape index (κ3) is 2.82. The molecule has 14 heavy (non-hydrogen) atoms. The Hall–Kier alpha value is -0.870. The van der Waals surface area contributed by atoms with Crippen LogP contribution in [0.15, 0.2) is 12.3 Å². The van der Waals surface area contributed by atoms with Crippen molar-refractivity contribution >= 4 is 0 Å². The number of aliphatic hydroxyl groups is 2. The summed E-state index contributed by atoms with van der Waals surface area (Å²) in [7, 11) is 0. The average molecular weight is 200 g/mol. The lowest BCUT2D eigenvalue weighted by molar-refractivity contribution is 0.0679. The number of aryl methyl sites for hydroxylation is 1. The lowest BCUT2D eigenvalue weighted by atomic mass is 10.1. The fourth-order valence-electron chi connectivity index (χ4n) is 0.911. The van der Waals surface area contributed by atoms with E-state index in [0.717, 1.165) is 5.69 Å². The Bertz CT molecular complexity index is 254. The van der Waals surface area contributed by atoms with Crippen molar-refractivity contribution in [2.45, 2.75) is 33.2 Å². The van der Waals surface area contributed by atoms with E-state index in [4.69, 9.17) is 10.2 Å². The standard InChI is InChI=1S/C8H14N2O2.C2H6/c1-7-3-4-10(9-7)8(2,5-11)6-12;1-2/h3-4,11-12H,5-6H2,1-2H3;1-2H3. The molecule has 0 aliphatic rings. The summed E-state index contributed by atoms with van der Waals surface area (Å²) in [4.78, 5) is 0. The molecule has 0 saturated heterocycles. The molecule has 4 heteroatoms. The van der Waals surface area contributed by atoms with Crippen molar-refractivity contribution in [3.8, 4) is 0 Å². The van der Waals surface area contributed by atoms with Crippen molar-refractivity contribution in [3.05, 3.63) is 18.0 Å². The third-order valence-corrected chi connectivity index (χ3v) is 1.96. The second-order valence-corrected chi connectivity index (χ2v) is 3.21. The van der Waals surface area contributed by atoms with Crippen LogP contribution in [0.3, 0.4) is 0 Å². The van der Waals surface area contributed by atoms with Gasteiger partial charge >= 0.3 is 0 Å². The number of rotatable bonds is 3. The molecule has 0 atom stereocenters. The molecule has 0 unspecified atom stereocenters. The summed E-state index contributed by atoms with van der Waals surface area (Å²) >= 11 is 0. The van der Waals surface area contributed by atoms with Crippen LogP contribution in [0, 0.1) is 6.92 Å². The highest BCUT2D eigenvalue weighted by Crippen LogP contribution is 2.13. The van der Waals surface area contributed by atoms with Crippen LogP contribution >= 0.6 is 0 Å². The first-order valence-corrected chi connectivity index (χ1v) is 4.87. The van der Waals surface area contributed by atoms with Gasteiger partial charge in [0, 0.05) is 6.20 Å². The van der Waals surface area contributed by atoms with Crippen LogP contribution in [0.4, 0.5) is 0 Å². The van der Waals surface area contributed by atoms with Gasteiger partial charge in [-0.1, -0.05) is 13.8 Å². The molecule has 4 nitrogen and oxygen atoms in total. The van der Waals surface area contributed by atoms with Crippen molar-refractivity contribution < 1.29 is 10.2 Å². The Labute approximate surface area is 85.2 Å². The molecule has 0 saturated carbocycles. The maximum atomic E-state index is 9.03. The molecule has 2 N–H and O–H groups in total. The molecule has 0 aliphatic heterocycles. The zero-order chi connectivity index (χ0) is 11.2. The smallest absolute Gasteiger partial charge is 0.106 e. The van der Waals surface area contributed by atoms with Gasteiger partial charge in [0.2, 0.25) is 0 Å². The van der Waals surface area contributed by atoms with E-state index in [9.17, 15) is 0 Å². The molecule has 0 bridgehead atoms. The summed E-state index contributed by atoms with van der Waals surface area (Å²) in [5, 5.41) is 22.2. The maximum Gasteiger partial charge on any atom is 0.106 e. The number of hydrogen-bond donors (Lipinski definition) is 2. The van der Waals surface area contributed by atoms with Crippen LogP contribution in [-0.4, -0.2) is 33.2 Å². The first-order valence-electron chi connectivity index (χ1n) is 4.87. The fraction of sp³-hybridized carbons (Fsp3) is 0.700. The fourth-order valence-corrected chi connectivity index (χ4v) is 0.911. The summed E-state index contributed by atoms with van der Waals surface area (Å²) in [5.41, 5.74) is 0.192. The Morgan fingerprint density at radius 3 is 2.14 bits per heavy atom. The van der Waals surface area contributed by atoms with Crippen LogP contribution in [0.25, 0.3) is 0 Å². The topological polar surface area (TPSA) is 58.3 Å². The zero-order valence-electron chi connectivity index (χ0n) is 9.36. The quantitative estimate of drug-likeness (QED) is 0.762. The van der Waals surface area contributed by atoms with E-state index in [1.54, 1.807) is 17.8 Å². The summed E-state index contributed by atoms with van der Waals surface area (Å²) in [6, 6.07) is 1.84. The van der Waals surface area contributed by atoms with E-state index in [-0.39, 0.29) is 13.2 Å². The van der Waals surface area contributed by atoms with Gasteiger partial charge in [0.05, 0.1) is 18.9 Å². The molecule has 0 radical (unpaired) electrons. The van der Waals surface area contributed by atoms with E-state index in [0.29, 0.717) is 0 Å². The normalized spacial score (nSPS) is 10.7. The van der Waals surface area contributed by atoms with Gasteiger partial charge in [-0.15, -0.1) is 0 Å². The summed E-state index contributed by atoms with van der Waals surface area (Å²) < 4.78 is 1.59. The Morgan fingerprint density at radius 2 is 1.86 bits per heavy atom. The zero-order valence-corrected chi connectivity index (χ0v) is 9.36. The highest BCUT2D eigenvalue weighted by atomic mass is 16.3. The van der Waals surface area contributed by atoms with Crippen molar-refractivity contribution in [3.63, 3.8) is 0 Å². The molecule has 1 aromatic heterocycles. The van der Waals surface area contributed by atoms with Crippen molar-refractivity contribution in [2.75, 3.05) is 13.2 Å². The van der Waals surface area contributed by atoms with E-state index >= 15 is 0 Å². The van der Waals surface area contributed by atoms with E-state index in [1.807, 2.05) is 26.8 Å². The van der Waals surface area contributed by atoms with Gasteiger partial charge in [-0.3, -0.25) is 4.68 Å². The predicted octanol–water partition coefficient (Wildman–Crippen LogP) is 0.918. The second kappa shape index (κ2) is 5.78. The predicted molar refractivity (Wildman–Crippen MR) is 56.1 cm³/mol. The molecule has 0 aliphatic carbocycles.